The predicted octanol–water partition coefficient (Wildman–Crippen LogP) is 5.20. The third kappa shape index (κ3) is 5.09. The zero-order valence-corrected chi connectivity index (χ0v) is 24.2. The van der Waals surface area contributed by atoms with E-state index in [1.54, 1.807) is 36.4 Å². The average molecular weight is 606 g/mol. The Labute approximate surface area is 253 Å². The second kappa shape index (κ2) is 11.1. The van der Waals surface area contributed by atoms with Crippen LogP contribution in [-0.2, 0) is 21.2 Å². The lowest BCUT2D eigenvalue weighted by atomic mass is 9.92. The number of H-pyrrole nitrogens is 1. The summed E-state index contributed by atoms with van der Waals surface area (Å²) in [5.74, 6) is 0.408. The van der Waals surface area contributed by atoms with Crippen molar-refractivity contribution in [1.82, 2.24) is 14.6 Å². The maximum absolute atomic E-state index is 13.7. The number of aromatic nitrogens is 1. The maximum Gasteiger partial charge on any atom is 0.264 e. The van der Waals surface area contributed by atoms with Gasteiger partial charge >= 0.3 is 0 Å². The molecule has 2 N–H and O–H groups in total. The largest absolute Gasteiger partial charge is 0.454 e. The summed E-state index contributed by atoms with van der Waals surface area (Å²) in [6.07, 6.45) is 3.90. The van der Waals surface area contributed by atoms with Crippen LogP contribution in [0.2, 0.25) is 0 Å². The second-order valence-corrected chi connectivity index (χ2v) is 12.2. The standard InChI is InChI=1S/C34H27N3O6S/c38-31(17-12-22-10-13-23(14-11-22)34(39)36-44(40,41)25-6-2-1-3-7-25)37-19-18-27-26-8-4-5-9-28(26)35-32(27)33(37)24-15-16-29-30(20-24)43-21-42-29/h1-17,20,33,35H,18-19,21H2,(H,36,39)/b17-12+. The first-order valence-corrected chi connectivity index (χ1v) is 15.6. The molecular weight excluding hydrogens is 578 g/mol. The Bertz CT molecular complexity index is 2040. The SMILES string of the molecule is O=C(NS(=O)(=O)c1ccccc1)c1ccc(/C=C/C(=O)N2CCc3c([nH]c4ccccc34)C2c2ccc3c(c2)OCO3)cc1. The van der Waals surface area contributed by atoms with Crippen molar-refractivity contribution < 1.29 is 27.5 Å². The molecule has 9 nitrogen and oxygen atoms in total. The molecule has 1 atom stereocenters. The van der Waals surface area contributed by atoms with Gasteiger partial charge in [-0.3, -0.25) is 9.59 Å². The fraction of sp³-hybridized carbons (Fsp3) is 0.118. The van der Waals surface area contributed by atoms with Crippen molar-refractivity contribution in [2.75, 3.05) is 13.3 Å². The number of hydrogen-bond acceptors (Lipinski definition) is 6. The van der Waals surface area contributed by atoms with Gasteiger partial charge in [0.25, 0.3) is 15.9 Å². The molecule has 0 spiro atoms. The Kier molecular flexibility index (Phi) is 6.90. The summed E-state index contributed by atoms with van der Waals surface area (Å²) >= 11 is 0. The smallest absolute Gasteiger partial charge is 0.264 e. The molecule has 0 saturated heterocycles. The van der Waals surface area contributed by atoms with Gasteiger partial charge in [-0.1, -0.05) is 54.6 Å². The molecule has 0 fully saturated rings. The number of aromatic amines is 1. The number of carbonyl (C=O) groups is 2. The number of benzene rings is 4. The van der Waals surface area contributed by atoms with Crippen LogP contribution in [0.4, 0.5) is 0 Å². The first-order valence-electron chi connectivity index (χ1n) is 14.1. The fourth-order valence-electron chi connectivity index (χ4n) is 5.76. The zero-order chi connectivity index (χ0) is 30.3. The molecule has 3 heterocycles. The van der Waals surface area contributed by atoms with E-state index in [1.807, 2.05) is 41.3 Å². The van der Waals surface area contributed by atoms with Crippen LogP contribution < -0.4 is 14.2 Å². The molecule has 0 bridgehead atoms. The Morgan fingerprint density at radius 1 is 0.886 bits per heavy atom. The lowest BCUT2D eigenvalue weighted by Gasteiger charge is -2.35. The minimum Gasteiger partial charge on any atom is -0.454 e. The van der Waals surface area contributed by atoms with E-state index in [0.29, 0.717) is 30.0 Å². The van der Waals surface area contributed by atoms with Crippen molar-refractivity contribution in [3.8, 4) is 11.5 Å². The topological polar surface area (TPSA) is 118 Å². The molecular formula is C34H27N3O6S. The molecule has 4 aromatic carbocycles. The first kappa shape index (κ1) is 27.5. The number of sulfonamides is 1. The number of amides is 2. The summed E-state index contributed by atoms with van der Waals surface area (Å²) in [7, 11) is -3.99. The normalized spacial score (nSPS) is 15.8. The lowest BCUT2D eigenvalue weighted by Crippen LogP contribution is -2.39. The third-order valence-electron chi connectivity index (χ3n) is 7.90. The van der Waals surface area contributed by atoms with Gasteiger partial charge < -0.3 is 19.4 Å². The van der Waals surface area contributed by atoms with Gasteiger partial charge in [0, 0.05) is 34.8 Å². The Morgan fingerprint density at radius 2 is 1.64 bits per heavy atom. The first-order chi connectivity index (χ1) is 21.4. The highest BCUT2D eigenvalue weighted by molar-refractivity contribution is 7.90. The van der Waals surface area contributed by atoms with Crippen LogP contribution in [-0.4, -0.2) is 43.5 Å². The molecule has 1 aromatic heterocycles. The van der Waals surface area contributed by atoms with Crippen molar-refractivity contribution >= 4 is 38.8 Å². The van der Waals surface area contributed by atoms with E-state index in [1.165, 1.54) is 35.9 Å². The molecule has 44 heavy (non-hydrogen) atoms. The molecule has 0 radical (unpaired) electrons. The highest BCUT2D eigenvalue weighted by Crippen LogP contribution is 2.42. The van der Waals surface area contributed by atoms with E-state index in [2.05, 4.69) is 15.8 Å². The summed E-state index contributed by atoms with van der Waals surface area (Å²) in [5.41, 5.74) is 4.96. The average Bonchev–Trinajstić information content (AvgIpc) is 3.68. The van der Waals surface area contributed by atoms with Gasteiger partial charge in [0.05, 0.1) is 10.9 Å². The molecule has 220 valence electrons. The van der Waals surface area contributed by atoms with Gasteiger partial charge in [-0.05, 0) is 71.7 Å². The Hall–Kier alpha value is -5.35. The van der Waals surface area contributed by atoms with Crippen LogP contribution in [0.5, 0.6) is 11.5 Å². The number of nitrogens with zero attached hydrogens (tertiary/aromatic N) is 1. The van der Waals surface area contributed by atoms with Gasteiger partial charge in [0.1, 0.15) is 0 Å². The Balaban J connectivity index is 1.12. The number of fused-ring (bicyclic) bond motifs is 4. The van der Waals surface area contributed by atoms with Crippen molar-refractivity contribution in [2.24, 2.45) is 0 Å². The molecule has 0 aliphatic carbocycles. The third-order valence-corrected chi connectivity index (χ3v) is 9.25. The number of nitrogens with one attached hydrogen (secondary N) is 2. The van der Waals surface area contributed by atoms with Gasteiger partial charge in [-0.2, -0.15) is 0 Å². The Morgan fingerprint density at radius 3 is 2.45 bits per heavy atom. The molecule has 2 amide bonds. The minimum absolute atomic E-state index is 0.00255. The summed E-state index contributed by atoms with van der Waals surface area (Å²) in [4.78, 5) is 31.8. The highest BCUT2D eigenvalue weighted by atomic mass is 32.2. The number of rotatable bonds is 6. The van der Waals surface area contributed by atoms with E-state index < -0.39 is 15.9 Å². The highest BCUT2D eigenvalue weighted by Gasteiger charge is 2.34. The zero-order valence-electron chi connectivity index (χ0n) is 23.4. The van der Waals surface area contributed by atoms with E-state index >= 15 is 0 Å². The summed E-state index contributed by atoms with van der Waals surface area (Å²) < 4.78 is 38.3. The van der Waals surface area contributed by atoms with E-state index in [-0.39, 0.29) is 29.2 Å². The lowest BCUT2D eigenvalue weighted by molar-refractivity contribution is -0.128. The van der Waals surface area contributed by atoms with Crippen LogP contribution in [0.15, 0.2) is 108 Å². The van der Waals surface area contributed by atoms with Gasteiger partial charge in [-0.25, -0.2) is 13.1 Å². The van der Waals surface area contributed by atoms with Crippen molar-refractivity contribution in [1.29, 1.82) is 0 Å². The summed E-state index contributed by atoms with van der Waals surface area (Å²) in [5, 5.41) is 1.15. The van der Waals surface area contributed by atoms with Crippen molar-refractivity contribution in [3.05, 3.63) is 131 Å². The van der Waals surface area contributed by atoms with Crippen LogP contribution in [0.3, 0.4) is 0 Å². The summed E-state index contributed by atoms with van der Waals surface area (Å²) in [6, 6.07) is 27.6. The molecule has 10 heteroatoms. The predicted molar refractivity (Wildman–Crippen MR) is 165 cm³/mol. The van der Waals surface area contributed by atoms with E-state index in [4.69, 9.17) is 9.47 Å². The number of carbonyl (C=O) groups excluding carboxylic acids is 2. The fourth-order valence-corrected chi connectivity index (χ4v) is 6.75. The van der Waals surface area contributed by atoms with Gasteiger partial charge in [-0.15, -0.1) is 0 Å². The molecule has 7 rings (SSSR count). The quantitative estimate of drug-likeness (QED) is 0.257. The number of ether oxygens (including phenoxy) is 2. The van der Waals surface area contributed by atoms with E-state index in [9.17, 15) is 18.0 Å². The number of para-hydroxylation sites is 1. The van der Waals surface area contributed by atoms with Crippen LogP contribution in [0.1, 0.15) is 38.8 Å². The molecule has 5 aromatic rings. The molecule has 1 unspecified atom stereocenters. The van der Waals surface area contributed by atoms with E-state index in [0.717, 1.165) is 22.2 Å². The minimum atomic E-state index is -3.99. The van der Waals surface area contributed by atoms with Gasteiger partial charge in [0.2, 0.25) is 12.7 Å². The van der Waals surface area contributed by atoms with Crippen LogP contribution in [0.25, 0.3) is 17.0 Å². The van der Waals surface area contributed by atoms with Crippen molar-refractivity contribution in [2.45, 2.75) is 17.4 Å². The molecule has 0 saturated carbocycles. The van der Waals surface area contributed by atoms with Crippen molar-refractivity contribution in [3.63, 3.8) is 0 Å². The van der Waals surface area contributed by atoms with Crippen LogP contribution in [0, 0.1) is 0 Å². The van der Waals surface area contributed by atoms with Crippen LogP contribution >= 0.6 is 0 Å². The monoisotopic (exact) mass is 605 g/mol. The summed E-state index contributed by atoms with van der Waals surface area (Å²) in [6.45, 7) is 0.682. The molecule has 2 aliphatic rings. The second-order valence-electron chi connectivity index (χ2n) is 10.6. The van der Waals surface area contributed by atoms with Gasteiger partial charge in [0.15, 0.2) is 11.5 Å². The number of hydrogen-bond donors (Lipinski definition) is 2. The molecule has 2 aliphatic heterocycles. The maximum atomic E-state index is 13.7.